The minimum absolute atomic E-state index is 0.0329. The van der Waals surface area contributed by atoms with E-state index in [1.165, 1.54) is 12.3 Å². The van der Waals surface area contributed by atoms with Gasteiger partial charge in [-0.3, -0.25) is 9.97 Å². The molecule has 3 rings (SSSR count). The molecule has 0 fully saturated rings. The van der Waals surface area contributed by atoms with Gasteiger partial charge >= 0.3 is 0 Å². The molecule has 122 valence electrons. The summed E-state index contributed by atoms with van der Waals surface area (Å²) in [4.78, 5) is 20.5. The van der Waals surface area contributed by atoms with Crippen molar-refractivity contribution in [3.63, 3.8) is 0 Å². The largest absolute Gasteiger partial charge is 0.265 e. The van der Waals surface area contributed by atoms with Gasteiger partial charge in [-0.25, -0.2) is 18.1 Å². The number of pyridine rings is 2. The monoisotopic (exact) mass is 342 g/mol. The van der Waals surface area contributed by atoms with E-state index >= 15 is 0 Å². The molecular weight excluding hydrogens is 328 g/mol. The van der Waals surface area contributed by atoms with Crippen LogP contribution in [0, 0.1) is 13.8 Å². The number of rotatable bonds is 4. The summed E-state index contributed by atoms with van der Waals surface area (Å²) >= 11 is 0. The highest BCUT2D eigenvalue weighted by molar-refractivity contribution is 7.92. The first-order chi connectivity index (χ1) is 11.4. The molecule has 1 N–H and O–H groups in total. The number of nitrogens with one attached hydrogen (secondary N) is 1. The maximum absolute atomic E-state index is 12.4. The molecule has 3 aromatic rings. The lowest BCUT2D eigenvalue weighted by Gasteiger charge is -2.08. The fraction of sp³-hybridized carbons (Fsp3) is 0.133. The minimum Gasteiger partial charge on any atom is -0.260 e. The number of sulfonamides is 1. The highest BCUT2D eigenvalue weighted by atomic mass is 32.2. The second-order valence-electron chi connectivity index (χ2n) is 4.99. The van der Waals surface area contributed by atoms with Crippen LogP contribution in [0.3, 0.4) is 0 Å². The van der Waals surface area contributed by atoms with Crippen molar-refractivity contribution < 1.29 is 8.42 Å². The Labute approximate surface area is 139 Å². The molecule has 0 saturated heterocycles. The summed E-state index contributed by atoms with van der Waals surface area (Å²) in [7, 11) is -3.83. The summed E-state index contributed by atoms with van der Waals surface area (Å²) in [5.41, 5.74) is 1.25. The zero-order chi connectivity index (χ0) is 17.2. The van der Waals surface area contributed by atoms with Gasteiger partial charge in [-0.2, -0.15) is 9.97 Å². The molecule has 0 aromatic carbocycles. The molecule has 0 radical (unpaired) electrons. The molecule has 0 aliphatic heterocycles. The number of nitrogens with zero attached hydrogens (tertiary/aromatic N) is 5. The van der Waals surface area contributed by atoms with Gasteiger partial charge in [0.25, 0.3) is 10.0 Å². The lowest BCUT2D eigenvalue weighted by atomic mass is 10.3. The van der Waals surface area contributed by atoms with Gasteiger partial charge in [0.1, 0.15) is 16.4 Å². The average Bonchev–Trinajstić information content (AvgIpc) is 2.55. The van der Waals surface area contributed by atoms with Crippen molar-refractivity contribution in [1.82, 2.24) is 24.9 Å². The topological polar surface area (TPSA) is 111 Å². The van der Waals surface area contributed by atoms with E-state index in [9.17, 15) is 8.42 Å². The van der Waals surface area contributed by atoms with E-state index in [0.717, 1.165) is 5.69 Å². The number of hydrogen-bond donors (Lipinski definition) is 1. The van der Waals surface area contributed by atoms with Crippen molar-refractivity contribution in [2.45, 2.75) is 18.7 Å². The van der Waals surface area contributed by atoms with E-state index in [2.05, 4.69) is 29.6 Å². The Hall–Kier alpha value is -2.94. The first-order valence-corrected chi connectivity index (χ1v) is 8.52. The molecule has 24 heavy (non-hydrogen) atoms. The Morgan fingerprint density at radius 1 is 0.958 bits per heavy atom. The van der Waals surface area contributed by atoms with E-state index in [1.54, 1.807) is 44.3 Å². The average molecular weight is 342 g/mol. The summed E-state index contributed by atoms with van der Waals surface area (Å²) < 4.78 is 27.2. The molecule has 9 heteroatoms. The predicted octanol–water partition coefficient (Wildman–Crippen LogP) is 1.75. The van der Waals surface area contributed by atoms with Crippen LogP contribution < -0.4 is 4.72 Å². The van der Waals surface area contributed by atoms with Crippen LogP contribution >= 0.6 is 0 Å². The van der Waals surface area contributed by atoms with Gasteiger partial charge in [0, 0.05) is 18.1 Å². The minimum atomic E-state index is -3.83. The molecule has 0 atom stereocenters. The molecule has 0 spiro atoms. The van der Waals surface area contributed by atoms with Crippen molar-refractivity contribution in [1.29, 1.82) is 0 Å². The number of anilines is 1. The van der Waals surface area contributed by atoms with E-state index in [1.807, 2.05) is 0 Å². The Morgan fingerprint density at radius 3 is 2.46 bits per heavy atom. The molecule has 0 aliphatic rings. The Bertz CT molecular complexity index is 959. The molecule has 0 aliphatic carbocycles. The van der Waals surface area contributed by atoms with E-state index in [0.29, 0.717) is 17.3 Å². The Balaban J connectivity index is 1.95. The smallest absolute Gasteiger partial charge is 0.260 e. The van der Waals surface area contributed by atoms with Crippen molar-refractivity contribution in [3.8, 4) is 11.5 Å². The quantitative estimate of drug-likeness (QED) is 0.769. The van der Waals surface area contributed by atoms with Crippen LogP contribution in [0.1, 0.15) is 11.5 Å². The van der Waals surface area contributed by atoms with Crippen molar-refractivity contribution in [2.24, 2.45) is 0 Å². The first kappa shape index (κ1) is 15.9. The molecule has 8 nitrogen and oxygen atoms in total. The van der Waals surface area contributed by atoms with Gasteiger partial charge in [-0.1, -0.05) is 6.07 Å². The van der Waals surface area contributed by atoms with Gasteiger partial charge in [0.05, 0.1) is 0 Å². The van der Waals surface area contributed by atoms with Crippen LogP contribution in [-0.2, 0) is 10.0 Å². The second-order valence-corrected chi connectivity index (χ2v) is 6.67. The standard InChI is InChI=1S/C15H14N6O2S/c1-10-6-7-12(9-17-10)24(22,23)21-15-19-11(2)18-14(20-15)13-5-3-4-8-16-13/h3-9H,1-2H3,(H,18,19,20,21). The van der Waals surface area contributed by atoms with Crippen LogP contribution in [0.15, 0.2) is 47.6 Å². The highest BCUT2D eigenvalue weighted by Gasteiger charge is 2.17. The summed E-state index contributed by atoms with van der Waals surface area (Å²) in [5.74, 6) is 0.608. The molecule has 3 aromatic heterocycles. The van der Waals surface area contributed by atoms with Crippen LogP contribution in [0.5, 0.6) is 0 Å². The van der Waals surface area contributed by atoms with Gasteiger partial charge in [0.15, 0.2) is 5.82 Å². The predicted molar refractivity (Wildman–Crippen MR) is 87.6 cm³/mol. The number of aromatic nitrogens is 5. The number of hydrogen-bond acceptors (Lipinski definition) is 7. The van der Waals surface area contributed by atoms with Gasteiger partial charge in [-0.15, -0.1) is 0 Å². The van der Waals surface area contributed by atoms with Crippen LogP contribution in [0.25, 0.3) is 11.5 Å². The van der Waals surface area contributed by atoms with Crippen LogP contribution in [-0.4, -0.2) is 33.3 Å². The third kappa shape index (κ3) is 3.51. The molecule has 0 unspecified atom stereocenters. The maximum Gasteiger partial charge on any atom is 0.265 e. The van der Waals surface area contributed by atoms with E-state index in [4.69, 9.17) is 0 Å². The van der Waals surface area contributed by atoms with E-state index < -0.39 is 10.0 Å². The summed E-state index contributed by atoms with van der Waals surface area (Å²) in [6.07, 6.45) is 2.89. The van der Waals surface area contributed by atoms with Crippen LogP contribution in [0.4, 0.5) is 5.95 Å². The highest BCUT2D eigenvalue weighted by Crippen LogP contribution is 2.16. The lowest BCUT2D eigenvalue weighted by Crippen LogP contribution is -2.16. The zero-order valence-electron chi connectivity index (χ0n) is 13.0. The van der Waals surface area contributed by atoms with Crippen molar-refractivity contribution in [2.75, 3.05) is 4.72 Å². The van der Waals surface area contributed by atoms with Crippen molar-refractivity contribution in [3.05, 3.63) is 54.2 Å². The van der Waals surface area contributed by atoms with Gasteiger partial charge in [-0.05, 0) is 38.1 Å². The first-order valence-electron chi connectivity index (χ1n) is 7.03. The fourth-order valence-corrected chi connectivity index (χ4v) is 2.82. The zero-order valence-corrected chi connectivity index (χ0v) is 13.8. The van der Waals surface area contributed by atoms with Gasteiger partial charge in [0.2, 0.25) is 5.95 Å². The molecule has 0 amide bonds. The van der Waals surface area contributed by atoms with Gasteiger partial charge < -0.3 is 0 Å². The Morgan fingerprint density at radius 2 is 1.79 bits per heavy atom. The molecular formula is C15H14N6O2S. The third-order valence-electron chi connectivity index (χ3n) is 3.06. The summed E-state index contributed by atoms with van der Waals surface area (Å²) in [5, 5.41) is 0. The second kappa shape index (κ2) is 6.28. The SMILES string of the molecule is Cc1ccc(S(=O)(=O)Nc2nc(C)nc(-c3ccccn3)n2)cn1. The summed E-state index contributed by atoms with van der Waals surface area (Å²) in [6, 6.07) is 8.39. The molecule has 0 saturated carbocycles. The lowest BCUT2D eigenvalue weighted by molar-refractivity contribution is 0.600. The maximum atomic E-state index is 12.4. The number of aryl methyl sites for hydroxylation is 2. The summed E-state index contributed by atoms with van der Waals surface area (Å²) in [6.45, 7) is 3.43. The van der Waals surface area contributed by atoms with Crippen molar-refractivity contribution >= 4 is 16.0 Å². The Kier molecular flexibility index (Phi) is 4.17. The van der Waals surface area contributed by atoms with E-state index in [-0.39, 0.29) is 10.8 Å². The molecule has 3 heterocycles. The fourth-order valence-electron chi connectivity index (χ4n) is 1.93. The molecule has 0 bridgehead atoms. The normalized spacial score (nSPS) is 11.2. The third-order valence-corrected chi connectivity index (χ3v) is 4.37. The van der Waals surface area contributed by atoms with Crippen LogP contribution in [0.2, 0.25) is 0 Å².